The van der Waals surface area contributed by atoms with Crippen molar-refractivity contribution >= 4 is 17.7 Å². The minimum absolute atomic E-state index is 0.118. The van der Waals surface area contributed by atoms with Gasteiger partial charge in [0, 0.05) is 19.3 Å². The average Bonchev–Trinajstić information content (AvgIpc) is 3.17. The summed E-state index contributed by atoms with van der Waals surface area (Å²) in [6, 6.07) is 5.09. The number of carboxylic acids is 1. The molecular weight excluding hydrogens is 251 g/mol. The predicted molar refractivity (Wildman–Crippen MR) is 67.5 cm³/mol. The highest BCUT2D eigenvalue weighted by Gasteiger charge is 2.50. The monoisotopic (exact) mass is 266 g/mol. The topological polar surface area (TPSA) is 69.6 Å². The van der Waals surface area contributed by atoms with Gasteiger partial charge in [-0.2, -0.15) is 0 Å². The number of carbonyl (C=O) groups excluding carboxylic acids is 1. The number of rotatable bonds is 4. The van der Waals surface area contributed by atoms with Crippen molar-refractivity contribution in [2.24, 2.45) is 5.41 Å². The third-order valence-electron chi connectivity index (χ3n) is 3.40. The number of hydrogen-bond acceptors (Lipinski definition) is 2. The van der Waals surface area contributed by atoms with E-state index in [9.17, 15) is 14.0 Å². The molecule has 0 bridgehead atoms. The summed E-state index contributed by atoms with van der Waals surface area (Å²) in [6.45, 7) is 0.118. The lowest BCUT2D eigenvalue weighted by atomic mass is 10.1. The summed E-state index contributed by atoms with van der Waals surface area (Å²) < 4.78 is 12.8. The van der Waals surface area contributed by atoms with Gasteiger partial charge in [0.15, 0.2) is 0 Å². The van der Waals surface area contributed by atoms with E-state index in [0.717, 1.165) is 0 Å². The Morgan fingerprint density at radius 2 is 1.95 bits per heavy atom. The van der Waals surface area contributed by atoms with Crippen LogP contribution in [-0.4, -0.2) is 30.7 Å². The Hall–Kier alpha value is -2.11. The molecule has 0 saturated heterocycles. The number of carboxylic acid groups (broad SMARTS) is 1. The first-order chi connectivity index (χ1) is 8.94. The minimum Gasteiger partial charge on any atom is -0.481 e. The first kappa shape index (κ1) is 13.3. The Morgan fingerprint density at radius 1 is 1.37 bits per heavy atom. The summed E-state index contributed by atoms with van der Waals surface area (Å²) in [6.07, 6.45) is 1.17. The number of nitrogens with zero attached hydrogens (tertiary/aromatic N) is 1. The van der Waals surface area contributed by atoms with Crippen molar-refractivity contribution < 1.29 is 19.1 Å². The molecule has 0 aliphatic heterocycles. The molecule has 0 atom stereocenters. The van der Waals surface area contributed by atoms with E-state index < -0.39 is 17.4 Å². The fraction of sp³-hybridized carbons (Fsp3) is 0.385. The molecule has 0 aromatic heterocycles. The van der Waals surface area contributed by atoms with Crippen molar-refractivity contribution in [2.45, 2.75) is 12.8 Å². The Morgan fingerprint density at radius 3 is 2.42 bits per heavy atom. The molecule has 2 rings (SSSR count). The Kier molecular flexibility index (Phi) is 3.42. The van der Waals surface area contributed by atoms with Crippen molar-refractivity contribution in [1.82, 2.24) is 5.32 Å². The summed E-state index contributed by atoms with van der Waals surface area (Å²) in [5.74, 6) is -1.25. The van der Waals surface area contributed by atoms with Gasteiger partial charge in [-0.25, -0.2) is 9.18 Å². The second-order valence-electron chi connectivity index (χ2n) is 4.78. The van der Waals surface area contributed by atoms with Gasteiger partial charge in [0.1, 0.15) is 5.82 Å². The molecule has 2 N–H and O–H groups in total. The van der Waals surface area contributed by atoms with Crippen LogP contribution in [0, 0.1) is 11.2 Å². The van der Waals surface area contributed by atoms with Crippen LogP contribution in [0.2, 0.25) is 0 Å². The van der Waals surface area contributed by atoms with E-state index in [4.69, 9.17) is 5.11 Å². The first-order valence-electron chi connectivity index (χ1n) is 5.95. The van der Waals surface area contributed by atoms with E-state index >= 15 is 0 Å². The van der Waals surface area contributed by atoms with Gasteiger partial charge in [0.05, 0.1) is 5.41 Å². The van der Waals surface area contributed by atoms with Crippen LogP contribution in [0.3, 0.4) is 0 Å². The van der Waals surface area contributed by atoms with Crippen molar-refractivity contribution in [1.29, 1.82) is 0 Å². The fourth-order valence-corrected chi connectivity index (χ4v) is 1.76. The highest BCUT2D eigenvalue weighted by Crippen LogP contribution is 2.45. The van der Waals surface area contributed by atoms with Gasteiger partial charge in [0.25, 0.3) is 0 Å². The van der Waals surface area contributed by atoms with Crippen LogP contribution in [-0.2, 0) is 4.79 Å². The molecule has 1 aromatic carbocycles. The van der Waals surface area contributed by atoms with Crippen molar-refractivity contribution in [2.75, 3.05) is 18.5 Å². The molecule has 102 valence electrons. The fourth-order valence-electron chi connectivity index (χ4n) is 1.76. The number of halogens is 1. The molecule has 0 unspecified atom stereocenters. The van der Waals surface area contributed by atoms with Crippen LogP contribution in [0.5, 0.6) is 0 Å². The Labute approximate surface area is 110 Å². The molecule has 1 saturated carbocycles. The van der Waals surface area contributed by atoms with Crippen LogP contribution in [0.1, 0.15) is 12.8 Å². The zero-order valence-corrected chi connectivity index (χ0v) is 10.5. The summed E-state index contributed by atoms with van der Waals surface area (Å²) >= 11 is 0. The molecule has 1 aromatic rings. The lowest BCUT2D eigenvalue weighted by Crippen LogP contribution is -2.41. The van der Waals surface area contributed by atoms with E-state index in [1.165, 1.54) is 29.2 Å². The maximum absolute atomic E-state index is 12.8. The van der Waals surface area contributed by atoms with Gasteiger partial charge in [-0.3, -0.25) is 9.69 Å². The lowest BCUT2D eigenvalue weighted by Gasteiger charge is -2.19. The smallest absolute Gasteiger partial charge is 0.321 e. The Balaban J connectivity index is 1.93. The summed E-state index contributed by atoms with van der Waals surface area (Å²) in [4.78, 5) is 24.1. The molecule has 2 amide bonds. The molecule has 0 heterocycles. The van der Waals surface area contributed by atoms with E-state index in [1.807, 2.05) is 0 Å². The minimum atomic E-state index is -0.878. The summed E-state index contributed by atoms with van der Waals surface area (Å²) in [5, 5.41) is 11.6. The van der Waals surface area contributed by atoms with Gasteiger partial charge >= 0.3 is 12.0 Å². The van der Waals surface area contributed by atoms with Crippen LogP contribution in [0.4, 0.5) is 14.9 Å². The molecule has 5 nitrogen and oxygen atoms in total. The largest absolute Gasteiger partial charge is 0.481 e. The number of carbonyl (C=O) groups is 2. The van der Waals surface area contributed by atoms with E-state index in [0.29, 0.717) is 18.5 Å². The zero-order chi connectivity index (χ0) is 14.0. The number of urea groups is 1. The van der Waals surface area contributed by atoms with E-state index in [2.05, 4.69) is 5.32 Å². The number of nitrogens with one attached hydrogen (secondary N) is 1. The number of hydrogen-bond donors (Lipinski definition) is 2. The molecule has 1 aliphatic rings. The van der Waals surface area contributed by atoms with E-state index in [-0.39, 0.29) is 12.4 Å². The van der Waals surface area contributed by atoms with Crippen LogP contribution < -0.4 is 10.2 Å². The predicted octanol–water partition coefficient (Wildman–Crippen LogP) is 1.84. The maximum Gasteiger partial charge on any atom is 0.321 e. The van der Waals surface area contributed by atoms with Crippen LogP contribution in [0.15, 0.2) is 24.3 Å². The van der Waals surface area contributed by atoms with Gasteiger partial charge in [-0.05, 0) is 37.1 Å². The second-order valence-corrected chi connectivity index (χ2v) is 4.78. The second kappa shape index (κ2) is 4.87. The van der Waals surface area contributed by atoms with Gasteiger partial charge in [-0.1, -0.05) is 0 Å². The summed E-state index contributed by atoms with van der Waals surface area (Å²) in [7, 11) is 1.54. The number of anilines is 1. The van der Waals surface area contributed by atoms with Crippen LogP contribution >= 0.6 is 0 Å². The molecule has 6 heteroatoms. The number of benzene rings is 1. The maximum atomic E-state index is 12.8. The van der Waals surface area contributed by atoms with Crippen LogP contribution in [0.25, 0.3) is 0 Å². The van der Waals surface area contributed by atoms with Gasteiger partial charge < -0.3 is 10.4 Å². The lowest BCUT2D eigenvalue weighted by molar-refractivity contribution is -0.143. The van der Waals surface area contributed by atoms with E-state index in [1.54, 1.807) is 7.05 Å². The highest BCUT2D eigenvalue weighted by atomic mass is 19.1. The first-order valence-corrected chi connectivity index (χ1v) is 5.95. The van der Waals surface area contributed by atoms with Crippen molar-refractivity contribution in [3.8, 4) is 0 Å². The van der Waals surface area contributed by atoms with Gasteiger partial charge in [0.2, 0.25) is 0 Å². The average molecular weight is 266 g/mol. The normalized spacial score (nSPS) is 15.7. The summed E-state index contributed by atoms with van der Waals surface area (Å²) in [5.41, 5.74) is -0.252. The molecule has 1 aliphatic carbocycles. The molecule has 0 radical (unpaired) electrons. The molecule has 1 fully saturated rings. The zero-order valence-electron chi connectivity index (χ0n) is 10.5. The molecular formula is C13H15FN2O3. The number of aliphatic carboxylic acids is 1. The Bertz CT molecular complexity index is 497. The SMILES string of the molecule is CN(C(=O)NCC1(C(=O)O)CC1)c1ccc(F)cc1. The standard InChI is InChI=1S/C13H15FN2O3/c1-16(10-4-2-9(14)3-5-10)12(19)15-8-13(6-7-13)11(17)18/h2-5H,6-8H2,1H3,(H,15,19)(H,17,18). The van der Waals surface area contributed by atoms with Gasteiger partial charge in [-0.15, -0.1) is 0 Å². The third kappa shape index (κ3) is 2.83. The highest BCUT2D eigenvalue weighted by molar-refractivity contribution is 5.92. The number of amides is 2. The van der Waals surface area contributed by atoms with Crippen molar-refractivity contribution in [3.05, 3.63) is 30.1 Å². The molecule has 19 heavy (non-hydrogen) atoms. The quantitative estimate of drug-likeness (QED) is 0.873. The third-order valence-corrected chi connectivity index (χ3v) is 3.40. The van der Waals surface area contributed by atoms with Crippen molar-refractivity contribution in [3.63, 3.8) is 0 Å². The molecule has 0 spiro atoms.